The average molecular weight is 465 g/mol. The second-order valence-electron chi connectivity index (χ2n) is 8.86. The fraction of sp³-hybridized carbons (Fsp3) is 0.842. The molecule has 0 bridgehead atoms. The first-order valence-corrected chi connectivity index (χ1v) is 11.8. The number of carbonyl (C=O) groups is 2. The molecule has 0 spiro atoms. The fourth-order valence-electron chi connectivity index (χ4n) is 2.26. The van der Waals surface area contributed by atoms with Gasteiger partial charge in [0.1, 0.15) is 11.2 Å². The Morgan fingerprint density at radius 1 is 0.935 bits per heavy atom. The van der Waals surface area contributed by atoms with Gasteiger partial charge in [0.25, 0.3) is 0 Å². The lowest BCUT2D eigenvalue weighted by atomic mass is 10.2. The molecule has 0 aromatic heterocycles. The first kappa shape index (κ1) is 27.4. The van der Waals surface area contributed by atoms with E-state index in [-0.39, 0.29) is 25.8 Å². The molecule has 0 aromatic rings. The molecule has 1 aliphatic rings. The van der Waals surface area contributed by atoms with Crippen LogP contribution >= 0.6 is 7.82 Å². The summed E-state index contributed by atoms with van der Waals surface area (Å²) < 4.78 is 37.2. The second kappa shape index (κ2) is 12.4. The van der Waals surface area contributed by atoms with Crippen molar-refractivity contribution in [1.29, 1.82) is 0 Å². The number of guanidine groups is 1. The molecular formula is C19H36N3O8P. The lowest BCUT2D eigenvalue weighted by Crippen LogP contribution is -2.44. The molecule has 0 atom stereocenters. The minimum atomic E-state index is -3.33. The number of amides is 2. The molecule has 1 heterocycles. The maximum atomic E-state index is 12.0. The Kier molecular flexibility index (Phi) is 10.9. The zero-order valence-electron chi connectivity index (χ0n) is 19.3. The first-order chi connectivity index (χ1) is 14.3. The van der Waals surface area contributed by atoms with Gasteiger partial charge in [0.2, 0.25) is 5.96 Å². The van der Waals surface area contributed by atoms with E-state index in [0.717, 1.165) is 19.3 Å². The van der Waals surface area contributed by atoms with Crippen molar-refractivity contribution in [3.8, 4) is 0 Å². The van der Waals surface area contributed by atoms with Gasteiger partial charge < -0.3 is 14.8 Å². The first-order valence-electron chi connectivity index (χ1n) is 10.4. The monoisotopic (exact) mass is 465 g/mol. The summed E-state index contributed by atoms with van der Waals surface area (Å²) in [6, 6.07) is 0. The molecule has 0 aromatic carbocycles. The van der Waals surface area contributed by atoms with Gasteiger partial charge in [0.15, 0.2) is 0 Å². The van der Waals surface area contributed by atoms with E-state index >= 15 is 0 Å². The lowest BCUT2D eigenvalue weighted by Gasteiger charge is -2.21. The number of carbonyl (C=O) groups excluding carboxylic acids is 2. The van der Waals surface area contributed by atoms with Crippen LogP contribution < -0.4 is 10.6 Å². The Morgan fingerprint density at radius 2 is 1.52 bits per heavy atom. The zero-order valence-corrected chi connectivity index (χ0v) is 20.2. The van der Waals surface area contributed by atoms with E-state index in [0.29, 0.717) is 13.0 Å². The van der Waals surface area contributed by atoms with Crippen molar-refractivity contribution in [1.82, 2.24) is 10.6 Å². The van der Waals surface area contributed by atoms with Crippen molar-refractivity contribution < 1.29 is 37.2 Å². The summed E-state index contributed by atoms with van der Waals surface area (Å²) in [7, 11) is -3.33. The van der Waals surface area contributed by atoms with E-state index in [1.165, 1.54) is 0 Å². The minimum Gasteiger partial charge on any atom is -0.444 e. The van der Waals surface area contributed by atoms with Crippen molar-refractivity contribution in [3.05, 3.63) is 0 Å². The highest BCUT2D eigenvalue weighted by atomic mass is 31.2. The highest BCUT2D eigenvalue weighted by Gasteiger charge is 2.31. The van der Waals surface area contributed by atoms with Crippen molar-refractivity contribution in [2.45, 2.75) is 78.4 Å². The van der Waals surface area contributed by atoms with Crippen molar-refractivity contribution >= 4 is 26.0 Å². The maximum absolute atomic E-state index is 12.0. The van der Waals surface area contributed by atoms with Crippen LogP contribution in [-0.2, 0) is 27.6 Å². The van der Waals surface area contributed by atoms with Crippen LogP contribution in [0.15, 0.2) is 4.99 Å². The number of alkyl carbamates (subject to hydrolysis) is 1. The smallest absolute Gasteiger partial charge is 0.444 e. The largest absolute Gasteiger partial charge is 0.474 e. The van der Waals surface area contributed by atoms with Crippen LogP contribution in [-0.4, -0.2) is 55.7 Å². The van der Waals surface area contributed by atoms with Gasteiger partial charge in [-0.05, 0) is 54.4 Å². The topological polar surface area (TPSA) is 134 Å². The summed E-state index contributed by atoms with van der Waals surface area (Å²) in [5, 5.41) is 5.35. The second-order valence-corrected chi connectivity index (χ2v) is 10.5. The van der Waals surface area contributed by atoms with Gasteiger partial charge in [-0.25, -0.2) is 14.2 Å². The number of hydrogen-bond acceptors (Lipinski definition) is 8. The van der Waals surface area contributed by atoms with Crippen LogP contribution in [0.2, 0.25) is 0 Å². The van der Waals surface area contributed by atoms with Crippen molar-refractivity contribution in [3.63, 3.8) is 0 Å². The predicted octanol–water partition coefficient (Wildman–Crippen LogP) is 4.12. The molecule has 1 saturated heterocycles. The summed E-state index contributed by atoms with van der Waals surface area (Å²) in [6.07, 6.45) is 1.56. The van der Waals surface area contributed by atoms with Crippen LogP contribution in [0.4, 0.5) is 9.59 Å². The van der Waals surface area contributed by atoms with Gasteiger partial charge in [-0.1, -0.05) is 12.8 Å². The van der Waals surface area contributed by atoms with Crippen LogP contribution in [0.25, 0.3) is 0 Å². The maximum Gasteiger partial charge on any atom is 0.474 e. The molecule has 1 aliphatic heterocycles. The van der Waals surface area contributed by atoms with E-state index in [9.17, 15) is 14.2 Å². The number of phosphoric acid groups is 1. The SMILES string of the molecule is CC(C)(C)OC(=O)/N=C(\NCCCCCCOP1(=O)OCCO1)NC(=O)OC(C)(C)C. The number of aliphatic imine (C=N–C) groups is 1. The molecule has 0 radical (unpaired) electrons. The standard InChI is InChI=1S/C19H36N3O8P/c1-18(2,3)29-16(23)21-15(22-17(24)30-19(4,5)6)20-11-9-7-8-10-12-26-31(25)27-13-14-28-31/h7-14H2,1-6H3,(H2,20,21,22,23,24). The zero-order chi connectivity index (χ0) is 23.5. The van der Waals surface area contributed by atoms with Gasteiger partial charge in [-0.15, -0.1) is 4.99 Å². The minimum absolute atomic E-state index is 0.0412. The number of ether oxygens (including phenoxy) is 2. The molecule has 180 valence electrons. The highest BCUT2D eigenvalue weighted by Crippen LogP contribution is 2.52. The summed E-state index contributed by atoms with van der Waals surface area (Å²) in [6.45, 7) is 11.7. The molecule has 0 saturated carbocycles. The van der Waals surface area contributed by atoms with Crippen molar-refractivity contribution in [2.24, 2.45) is 4.99 Å². The lowest BCUT2D eigenvalue weighted by molar-refractivity contribution is 0.0560. The fourth-order valence-corrected chi connectivity index (χ4v) is 3.43. The average Bonchev–Trinajstić information content (AvgIpc) is 3.00. The predicted molar refractivity (Wildman–Crippen MR) is 115 cm³/mol. The molecule has 2 amide bonds. The summed E-state index contributed by atoms with van der Waals surface area (Å²) in [5.74, 6) is -0.0412. The number of nitrogens with one attached hydrogen (secondary N) is 2. The van der Waals surface area contributed by atoms with Gasteiger partial charge >= 0.3 is 20.0 Å². The van der Waals surface area contributed by atoms with Gasteiger partial charge in [-0.3, -0.25) is 18.9 Å². The van der Waals surface area contributed by atoms with E-state index in [4.69, 9.17) is 23.0 Å². The Labute approximate surface area is 184 Å². The number of hydrogen-bond donors (Lipinski definition) is 2. The van der Waals surface area contributed by atoms with E-state index in [1.807, 2.05) is 0 Å². The summed E-state index contributed by atoms with van der Waals surface area (Å²) in [4.78, 5) is 27.8. The quantitative estimate of drug-likeness (QED) is 0.235. The molecule has 12 heteroatoms. The Hall–Kier alpha value is -1.68. The number of rotatable bonds is 8. The highest BCUT2D eigenvalue weighted by molar-refractivity contribution is 7.48. The summed E-state index contributed by atoms with van der Waals surface area (Å²) >= 11 is 0. The molecule has 1 fully saturated rings. The van der Waals surface area contributed by atoms with Crippen LogP contribution in [0, 0.1) is 0 Å². The van der Waals surface area contributed by atoms with E-state index < -0.39 is 31.2 Å². The number of nitrogens with zero attached hydrogens (tertiary/aromatic N) is 1. The van der Waals surface area contributed by atoms with Crippen LogP contribution in [0.1, 0.15) is 67.2 Å². The van der Waals surface area contributed by atoms with E-state index in [1.54, 1.807) is 41.5 Å². The third-order valence-corrected chi connectivity index (χ3v) is 4.91. The van der Waals surface area contributed by atoms with Gasteiger partial charge in [0, 0.05) is 6.54 Å². The molecule has 2 N–H and O–H groups in total. The molecule has 11 nitrogen and oxygen atoms in total. The van der Waals surface area contributed by atoms with E-state index in [2.05, 4.69) is 15.6 Å². The van der Waals surface area contributed by atoms with Crippen molar-refractivity contribution in [2.75, 3.05) is 26.4 Å². The molecular weight excluding hydrogens is 429 g/mol. The molecule has 1 rings (SSSR count). The summed E-state index contributed by atoms with van der Waals surface area (Å²) in [5.41, 5.74) is -1.40. The normalized spacial score (nSPS) is 16.6. The third-order valence-electron chi connectivity index (χ3n) is 3.41. The Morgan fingerprint density at radius 3 is 2.10 bits per heavy atom. The third kappa shape index (κ3) is 14.1. The van der Waals surface area contributed by atoms with Gasteiger partial charge in [0.05, 0.1) is 19.8 Å². The van der Waals surface area contributed by atoms with Crippen LogP contribution in [0.5, 0.6) is 0 Å². The van der Waals surface area contributed by atoms with Crippen LogP contribution in [0.3, 0.4) is 0 Å². The Bertz CT molecular complexity index is 660. The Balaban J connectivity index is 2.39. The molecule has 31 heavy (non-hydrogen) atoms. The number of unbranched alkanes of at least 4 members (excludes halogenated alkanes) is 3. The molecule has 0 aliphatic carbocycles. The van der Waals surface area contributed by atoms with Gasteiger partial charge in [-0.2, -0.15) is 0 Å². The number of phosphoric ester groups is 1. The molecule has 0 unspecified atom stereocenters.